The topological polar surface area (TPSA) is 108 Å². The normalized spacial score (nSPS) is 15.6. The maximum atomic E-state index is 12.1. The quantitative estimate of drug-likeness (QED) is 0.376. The Kier molecular flexibility index (Phi) is 5.79. The summed E-state index contributed by atoms with van der Waals surface area (Å²) in [7, 11) is 0. The van der Waals surface area contributed by atoms with Crippen LogP contribution in [0.3, 0.4) is 0 Å². The van der Waals surface area contributed by atoms with Crippen LogP contribution < -0.4 is 5.73 Å². The van der Waals surface area contributed by atoms with Gasteiger partial charge in [0.15, 0.2) is 5.65 Å². The molecule has 9 nitrogen and oxygen atoms in total. The number of nitrogen functional groups attached to an aromatic ring is 1. The van der Waals surface area contributed by atoms with E-state index in [2.05, 4.69) is 45.6 Å². The maximum Gasteiger partial charge on any atom is 0.246 e. The van der Waals surface area contributed by atoms with Crippen LogP contribution >= 0.6 is 0 Å². The molecule has 0 bridgehead atoms. The zero-order valence-corrected chi connectivity index (χ0v) is 18.6. The van der Waals surface area contributed by atoms with Crippen LogP contribution in [0.1, 0.15) is 35.7 Å². The number of amides is 1. The number of anilines is 1. The SMILES string of the molecule is C=CC(=O)N1CCCC(n2nc(C#Cc3cnn(Cc4ccccc4)c3)c3c(N)ncnc32)C1. The van der Waals surface area contributed by atoms with Crippen molar-refractivity contribution in [1.82, 2.24) is 34.4 Å². The van der Waals surface area contributed by atoms with Crippen LogP contribution in [0, 0.1) is 11.8 Å². The van der Waals surface area contributed by atoms with Gasteiger partial charge >= 0.3 is 0 Å². The first-order valence-corrected chi connectivity index (χ1v) is 11.1. The summed E-state index contributed by atoms with van der Waals surface area (Å²) in [6.07, 6.45) is 8.15. The molecule has 4 aromatic rings. The van der Waals surface area contributed by atoms with E-state index in [1.807, 2.05) is 33.8 Å². The van der Waals surface area contributed by atoms with E-state index < -0.39 is 0 Å². The summed E-state index contributed by atoms with van der Waals surface area (Å²) in [6, 6.07) is 10.1. The Morgan fingerprint density at radius 1 is 1.24 bits per heavy atom. The Labute approximate surface area is 196 Å². The minimum atomic E-state index is -0.0807. The van der Waals surface area contributed by atoms with Gasteiger partial charge in [0.05, 0.1) is 29.7 Å². The number of rotatable bonds is 4. The molecule has 1 aliphatic heterocycles. The molecule has 1 fully saturated rings. The van der Waals surface area contributed by atoms with Crippen molar-refractivity contribution in [2.24, 2.45) is 0 Å². The number of aromatic nitrogens is 6. The Morgan fingerprint density at radius 3 is 2.91 bits per heavy atom. The number of fused-ring (bicyclic) bond motifs is 1. The predicted octanol–water partition coefficient (Wildman–Crippen LogP) is 2.40. The molecule has 1 atom stereocenters. The van der Waals surface area contributed by atoms with Crippen LogP contribution in [0.15, 0.2) is 61.7 Å². The van der Waals surface area contributed by atoms with Crippen molar-refractivity contribution < 1.29 is 4.79 Å². The molecule has 4 heterocycles. The van der Waals surface area contributed by atoms with Gasteiger partial charge in [-0.3, -0.25) is 9.48 Å². The molecule has 1 amide bonds. The fourth-order valence-corrected chi connectivity index (χ4v) is 4.24. The molecule has 0 spiro atoms. The molecule has 0 saturated carbocycles. The lowest BCUT2D eigenvalue weighted by molar-refractivity contribution is -0.127. The van der Waals surface area contributed by atoms with E-state index in [1.54, 1.807) is 11.1 Å². The third-order valence-corrected chi connectivity index (χ3v) is 5.89. The summed E-state index contributed by atoms with van der Waals surface area (Å²) in [5.74, 6) is 6.52. The molecule has 1 aliphatic rings. The largest absolute Gasteiger partial charge is 0.383 e. The van der Waals surface area contributed by atoms with Gasteiger partial charge in [-0.05, 0) is 30.4 Å². The molecular formula is C25H24N8O. The highest BCUT2D eigenvalue weighted by molar-refractivity contribution is 5.90. The minimum Gasteiger partial charge on any atom is -0.383 e. The Balaban J connectivity index is 1.45. The number of piperidine rings is 1. The Bertz CT molecular complexity index is 1410. The number of carbonyl (C=O) groups excluding carboxylic acids is 1. The van der Waals surface area contributed by atoms with Gasteiger partial charge in [0, 0.05) is 19.3 Å². The zero-order valence-electron chi connectivity index (χ0n) is 18.6. The van der Waals surface area contributed by atoms with E-state index in [0.717, 1.165) is 24.0 Å². The van der Waals surface area contributed by atoms with Crippen molar-refractivity contribution in [2.75, 3.05) is 18.8 Å². The van der Waals surface area contributed by atoms with Gasteiger partial charge < -0.3 is 10.6 Å². The second-order valence-electron chi connectivity index (χ2n) is 8.20. The van der Waals surface area contributed by atoms with Crippen LogP contribution in [-0.2, 0) is 11.3 Å². The number of carbonyl (C=O) groups is 1. The van der Waals surface area contributed by atoms with Crippen molar-refractivity contribution in [1.29, 1.82) is 0 Å². The lowest BCUT2D eigenvalue weighted by Crippen LogP contribution is -2.40. The highest BCUT2D eigenvalue weighted by atomic mass is 16.2. The number of hydrogen-bond acceptors (Lipinski definition) is 6. The molecule has 1 aromatic carbocycles. The van der Waals surface area contributed by atoms with E-state index >= 15 is 0 Å². The van der Waals surface area contributed by atoms with Crippen molar-refractivity contribution in [3.05, 3.63) is 78.5 Å². The summed E-state index contributed by atoms with van der Waals surface area (Å²) < 4.78 is 3.68. The Morgan fingerprint density at radius 2 is 2.09 bits per heavy atom. The van der Waals surface area contributed by atoms with Gasteiger partial charge in [-0.15, -0.1) is 0 Å². The number of nitrogens with zero attached hydrogens (tertiary/aromatic N) is 7. The highest BCUT2D eigenvalue weighted by Gasteiger charge is 2.27. The standard InChI is InChI=1S/C25H24N8O/c1-2-22(34)31-12-6-9-20(16-31)33-25-23(24(26)27-17-28-25)21(30-33)11-10-19-13-29-32(15-19)14-18-7-4-3-5-8-18/h2-5,7-8,13,15,17,20H,1,6,9,12,14,16H2,(H2,26,27,28). The first kappa shape index (κ1) is 21.4. The predicted molar refractivity (Wildman–Crippen MR) is 129 cm³/mol. The Hall–Kier alpha value is -4.45. The summed E-state index contributed by atoms with van der Waals surface area (Å²) in [4.78, 5) is 22.5. The molecule has 3 aromatic heterocycles. The van der Waals surface area contributed by atoms with E-state index in [0.29, 0.717) is 42.2 Å². The van der Waals surface area contributed by atoms with Crippen molar-refractivity contribution in [3.8, 4) is 11.8 Å². The lowest BCUT2D eigenvalue weighted by atomic mass is 10.1. The summed E-state index contributed by atoms with van der Waals surface area (Å²) >= 11 is 0. The second kappa shape index (κ2) is 9.19. The maximum absolute atomic E-state index is 12.1. The van der Waals surface area contributed by atoms with Crippen LogP contribution in [0.5, 0.6) is 0 Å². The van der Waals surface area contributed by atoms with Crippen LogP contribution in [-0.4, -0.2) is 53.4 Å². The molecule has 0 radical (unpaired) electrons. The molecule has 5 rings (SSSR count). The minimum absolute atomic E-state index is 0.0291. The fourth-order valence-electron chi connectivity index (χ4n) is 4.24. The van der Waals surface area contributed by atoms with E-state index in [4.69, 9.17) is 10.8 Å². The van der Waals surface area contributed by atoms with Crippen LogP contribution in [0.2, 0.25) is 0 Å². The average Bonchev–Trinajstić information content (AvgIpc) is 3.48. The summed E-state index contributed by atoms with van der Waals surface area (Å²) in [5.41, 5.74) is 9.26. The van der Waals surface area contributed by atoms with E-state index in [-0.39, 0.29) is 11.9 Å². The molecule has 1 unspecified atom stereocenters. The number of benzene rings is 1. The van der Waals surface area contributed by atoms with Crippen molar-refractivity contribution in [2.45, 2.75) is 25.4 Å². The smallest absolute Gasteiger partial charge is 0.246 e. The molecular weight excluding hydrogens is 428 g/mol. The lowest BCUT2D eigenvalue weighted by Gasteiger charge is -2.32. The third kappa shape index (κ3) is 4.26. The van der Waals surface area contributed by atoms with Gasteiger partial charge in [0.1, 0.15) is 17.8 Å². The first-order chi connectivity index (χ1) is 16.6. The van der Waals surface area contributed by atoms with E-state index in [1.165, 1.54) is 12.4 Å². The first-order valence-electron chi connectivity index (χ1n) is 11.1. The van der Waals surface area contributed by atoms with Gasteiger partial charge in [-0.2, -0.15) is 10.2 Å². The fraction of sp³-hybridized carbons (Fsp3) is 0.240. The molecule has 2 N–H and O–H groups in total. The third-order valence-electron chi connectivity index (χ3n) is 5.89. The van der Waals surface area contributed by atoms with Gasteiger partial charge in [-0.25, -0.2) is 14.6 Å². The number of hydrogen-bond donors (Lipinski definition) is 1. The van der Waals surface area contributed by atoms with Crippen molar-refractivity contribution >= 4 is 22.8 Å². The van der Waals surface area contributed by atoms with Crippen LogP contribution in [0.4, 0.5) is 5.82 Å². The molecule has 34 heavy (non-hydrogen) atoms. The molecule has 1 saturated heterocycles. The number of nitrogens with two attached hydrogens (primary N) is 1. The molecule has 0 aliphatic carbocycles. The average molecular weight is 453 g/mol. The van der Waals surface area contributed by atoms with Gasteiger partial charge in [0.25, 0.3) is 0 Å². The van der Waals surface area contributed by atoms with Crippen molar-refractivity contribution in [3.63, 3.8) is 0 Å². The molecule has 9 heteroatoms. The zero-order chi connectivity index (χ0) is 23.5. The second-order valence-corrected chi connectivity index (χ2v) is 8.20. The monoisotopic (exact) mass is 452 g/mol. The number of likely N-dealkylation sites (tertiary alicyclic amines) is 1. The molecule has 170 valence electrons. The van der Waals surface area contributed by atoms with Gasteiger partial charge in [0.2, 0.25) is 5.91 Å². The van der Waals surface area contributed by atoms with Gasteiger partial charge in [-0.1, -0.05) is 42.8 Å². The summed E-state index contributed by atoms with van der Waals surface area (Å²) in [5, 5.41) is 9.79. The summed E-state index contributed by atoms with van der Waals surface area (Å²) in [6.45, 7) is 5.51. The van der Waals surface area contributed by atoms with E-state index in [9.17, 15) is 4.79 Å². The van der Waals surface area contributed by atoms with Crippen LogP contribution in [0.25, 0.3) is 11.0 Å². The highest BCUT2D eigenvalue weighted by Crippen LogP contribution is 2.28.